The van der Waals surface area contributed by atoms with Gasteiger partial charge in [-0.05, 0) is 37.3 Å². The van der Waals surface area contributed by atoms with Gasteiger partial charge in [-0.1, -0.05) is 6.07 Å². The topological polar surface area (TPSA) is 50.7 Å². The minimum atomic E-state index is -0.779. The van der Waals surface area contributed by atoms with Gasteiger partial charge in [-0.3, -0.25) is 0 Å². The summed E-state index contributed by atoms with van der Waals surface area (Å²) >= 11 is 0. The number of hydrogen-bond donors (Lipinski definition) is 2. The second-order valence-corrected chi connectivity index (χ2v) is 5.44. The van der Waals surface area contributed by atoms with E-state index in [4.69, 9.17) is 9.47 Å². The zero-order valence-electron chi connectivity index (χ0n) is 13.6. The van der Waals surface area contributed by atoms with E-state index in [-0.39, 0.29) is 30.8 Å². The van der Waals surface area contributed by atoms with E-state index in [1.807, 2.05) is 0 Å². The lowest BCUT2D eigenvalue weighted by molar-refractivity contribution is 0.104. The molecule has 24 heavy (non-hydrogen) atoms. The molecule has 0 radical (unpaired) electrons. The second kappa shape index (κ2) is 8.61. The number of hydrogen-bond acceptors (Lipinski definition) is 4. The van der Waals surface area contributed by atoms with Crippen LogP contribution in [-0.2, 0) is 0 Å². The van der Waals surface area contributed by atoms with E-state index < -0.39 is 6.10 Å². The Labute approximate surface area is 140 Å². The Bertz CT molecular complexity index is 649. The fraction of sp³-hybridized carbons (Fsp3) is 0.333. The molecule has 0 spiro atoms. The third-order valence-corrected chi connectivity index (χ3v) is 3.59. The Morgan fingerprint density at radius 1 is 1.08 bits per heavy atom. The molecule has 0 amide bonds. The molecule has 0 heterocycles. The van der Waals surface area contributed by atoms with Gasteiger partial charge in [0.2, 0.25) is 0 Å². The maximum atomic E-state index is 14.0. The van der Waals surface area contributed by atoms with E-state index in [2.05, 4.69) is 5.32 Å². The smallest absolute Gasteiger partial charge is 0.131 e. The van der Waals surface area contributed by atoms with Crippen LogP contribution in [0.3, 0.4) is 0 Å². The molecule has 0 saturated carbocycles. The number of aliphatic hydroxyl groups excluding tert-OH is 1. The summed E-state index contributed by atoms with van der Waals surface area (Å²) in [5.74, 6) is 0.215. The number of halogens is 2. The van der Waals surface area contributed by atoms with Crippen molar-refractivity contribution >= 4 is 0 Å². The number of rotatable bonds is 8. The van der Waals surface area contributed by atoms with Crippen molar-refractivity contribution in [2.24, 2.45) is 0 Å². The lowest BCUT2D eigenvalue weighted by atomic mass is 10.1. The lowest BCUT2D eigenvalue weighted by Gasteiger charge is -2.18. The highest BCUT2D eigenvalue weighted by Gasteiger charge is 2.13. The molecule has 2 atom stereocenters. The maximum absolute atomic E-state index is 14.0. The van der Waals surface area contributed by atoms with Gasteiger partial charge in [-0.25, -0.2) is 8.78 Å². The highest BCUT2D eigenvalue weighted by Crippen LogP contribution is 2.21. The predicted molar refractivity (Wildman–Crippen MR) is 87.3 cm³/mol. The van der Waals surface area contributed by atoms with E-state index in [1.165, 1.54) is 37.4 Å². The minimum Gasteiger partial charge on any atom is -0.497 e. The van der Waals surface area contributed by atoms with Gasteiger partial charge < -0.3 is 19.9 Å². The summed E-state index contributed by atoms with van der Waals surface area (Å²) < 4.78 is 37.1. The molecule has 2 unspecified atom stereocenters. The molecular weight excluding hydrogens is 316 g/mol. The molecule has 0 aliphatic rings. The number of aliphatic hydroxyl groups is 1. The first-order chi connectivity index (χ1) is 11.5. The van der Waals surface area contributed by atoms with Gasteiger partial charge in [-0.2, -0.15) is 0 Å². The lowest BCUT2D eigenvalue weighted by Crippen LogP contribution is -2.33. The van der Waals surface area contributed by atoms with Crippen molar-refractivity contribution in [2.75, 3.05) is 20.3 Å². The molecule has 2 aromatic rings. The third kappa shape index (κ3) is 5.18. The molecule has 0 bridgehead atoms. The van der Waals surface area contributed by atoms with Gasteiger partial charge in [0, 0.05) is 24.2 Å². The fourth-order valence-corrected chi connectivity index (χ4v) is 2.19. The summed E-state index contributed by atoms with van der Waals surface area (Å²) in [4.78, 5) is 0. The van der Waals surface area contributed by atoms with Gasteiger partial charge in [0.25, 0.3) is 0 Å². The molecule has 4 nitrogen and oxygen atoms in total. The molecule has 2 N–H and O–H groups in total. The largest absolute Gasteiger partial charge is 0.497 e. The van der Waals surface area contributed by atoms with Crippen molar-refractivity contribution in [3.8, 4) is 11.5 Å². The quantitative estimate of drug-likeness (QED) is 0.777. The van der Waals surface area contributed by atoms with Gasteiger partial charge >= 0.3 is 0 Å². The summed E-state index contributed by atoms with van der Waals surface area (Å²) in [6, 6.07) is 9.93. The van der Waals surface area contributed by atoms with Crippen molar-refractivity contribution < 1.29 is 23.4 Å². The Morgan fingerprint density at radius 3 is 2.38 bits per heavy atom. The minimum absolute atomic E-state index is 0.0520. The Hall–Kier alpha value is -2.18. The highest BCUT2D eigenvalue weighted by atomic mass is 19.1. The molecule has 2 rings (SSSR count). The first-order valence-electron chi connectivity index (χ1n) is 7.63. The summed E-state index contributed by atoms with van der Waals surface area (Å²) in [7, 11) is 1.48. The summed E-state index contributed by atoms with van der Waals surface area (Å²) in [5, 5.41) is 13.0. The predicted octanol–water partition coefficient (Wildman–Crippen LogP) is 3.06. The van der Waals surface area contributed by atoms with Crippen molar-refractivity contribution in [2.45, 2.75) is 19.1 Å². The standard InChI is InChI=1S/C18H21F2NO3/c1-12(17-8-7-16(23-2)9-18(17)20)21-10-14(22)11-24-15-5-3-13(19)4-6-15/h3-9,12,14,21-22H,10-11H2,1-2H3. The van der Waals surface area contributed by atoms with Crippen LogP contribution < -0.4 is 14.8 Å². The number of methoxy groups -OCH3 is 1. The molecule has 6 heteroatoms. The van der Waals surface area contributed by atoms with E-state index in [0.717, 1.165) is 0 Å². The van der Waals surface area contributed by atoms with Crippen LogP contribution in [0.25, 0.3) is 0 Å². The van der Waals surface area contributed by atoms with Crippen LogP contribution in [0.5, 0.6) is 11.5 Å². The zero-order valence-corrected chi connectivity index (χ0v) is 13.6. The summed E-state index contributed by atoms with van der Waals surface area (Å²) in [6.07, 6.45) is -0.779. The Kier molecular flexibility index (Phi) is 6.52. The molecule has 0 aliphatic heterocycles. The molecular formula is C18H21F2NO3. The normalized spacial score (nSPS) is 13.4. The van der Waals surface area contributed by atoms with E-state index >= 15 is 0 Å². The van der Waals surface area contributed by atoms with Gasteiger partial charge in [0.05, 0.1) is 7.11 Å². The van der Waals surface area contributed by atoms with Crippen LogP contribution in [-0.4, -0.2) is 31.5 Å². The molecule has 0 aromatic heterocycles. The fourth-order valence-electron chi connectivity index (χ4n) is 2.19. The third-order valence-electron chi connectivity index (χ3n) is 3.59. The van der Waals surface area contributed by atoms with Crippen LogP contribution in [0.2, 0.25) is 0 Å². The van der Waals surface area contributed by atoms with E-state index in [0.29, 0.717) is 17.1 Å². The Balaban J connectivity index is 1.80. The van der Waals surface area contributed by atoms with Crippen molar-refractivity contribution in [3.05, 3.63) is 59.7 Å². The second-order valence-electron chi connectivity index (χ2n) is 5.44. The highest BCUT2D eigenvalue weighted by molar-refractivity contribution is 5.30. The zero-order chi connectivity index (χ0) is 17.5. The van der Waals surface area contributed by atoms with Crippen LogP contribution in [0.4, 0.5) is 8.78 Å². The first-order valence-corrected chi connectivity index (χ1v) is 7.63. The Morgan fingerprint density at radius 2 is 1.75 bits per heavy atom. The average molecular weight is 337 g/mol. The van der Waals surface area contributed by atoms with Gasteiger partial charge in [0.15, 0.2) is 0 Å². The molecule has 0 fully saturated rings. The molecule has 0 saturated heterocycles. The van der Waals surface area contributed by atoms with Crippen LogP contribution in [0.1, 0.15) is 18.5 Å². The SMILES string of the molecule is COc1ccc(C(C)NCC(O)COc2ccc(F)cc2)c(F)c1. The van der Waals surface area contributed by atoms with Crippen LogP contribution >= 0.6 is 0 Å². The molecule has 130 valence electrons. The van der Waals surface area contributed by atoms with Crippen LogP contribution in [0.15, 0.2) is 42.5 Å². The maximum Gasteiger partial charge on any atom is 0.131 e. The average Bonchev–Trinajstić information content (AvgIpc) is 2.59. The number of benzene rings is 2. The van der Waals surface area contributed by atoms with E-state index in [9.17, 15) is 13.9 Å². The molecule has 0 aliphatic carbocycles. The van der Waals surface area contributed by atoms with Gasteiger partial charge in [0.1, 0.15) is 35.8 Å². The summed E-state index contributed by atoms with van der Waals surface area (Å²) in [6.45, 7) is 2.09. The van der Waals surface area contributed by atoms with Crippen LogP contribution in [0, 0.1) is 11.6 Å². The summed E-state index contributed by atoms with van der Waals surface area (Å²) in [5.41, 5.74) is 0.488. The van der Waals surface area contributed by atoms with Crippen molar-refractivity contribution in [3.63, 3.8) is 0 Å². The first kappa shape index (κ1) is 18.2. The molecule has 2 aromatic carbocycles. The number of nitrogens with one attached hydrogen (secondary N) is 1. The monoisotopic (exact) mass is 337 g/mol. The van der Waals surface area contributed by atoms with Crippen molar-refractivity contribution in [1.82, 2.24) is 5.32 Å². The van der Waals surface area contributed by atoms with Crippen molar-refractivity contribution in [1.29, 1.82) is 0 Å². The number of ether oxygens (including phenoxy) is 2. The van der Waals surface area contributed by atoms with Gasteiger partial charge in [-0.15, -0.1) is 0 Å². The van der Waals surface area contributed by atoms with E-state index in [1.54, 1.807) is 19.1 Å².